The van der Waals surface area contributed by atoms with Gasteiger partial charge in [0.2, 0.25) is 10.0 Å². The summed E-state index contributed by atoms with van der Waals surface area (Å²) in [4.78, 5) is 14.3. The molecule has 0 aromatic heterocycles. The van der Waals surface area contributed by atoms with E-state index >= 15 is 0 Å². The standard InChI is InChI=1S/C20H26N2O5S/c1-15-7-5-6-8-17(15)14-22(2)20(23)16-9-10-18(27-4)19(13-16)28(24,25)21-11-12-26-3/h5-10,13,21H,11-12,14H2,1-4H3. The normalized spacial score (nSPS) is 11.3. The predicted octanol–water partition coefficient (Wildman–Crippen LogP) is 2.20. The molecule has 8 heteroatoms. The van der Waals surface area contributed by atoms with Gasteiger partial charge < -0.3 is 14.4 Å². The van der Waals surface area contributed by atoms with Crippen LogP contribution in [0.3, 0.4) is 0 Å². The summed E-state index contributed by atoms with van der Waals surface area (Å²) >= 11 is 0. The van der Waals surface area contributed by atoms with Crippen LogP contribution in [-0.4, -0.2) is 53.6 Å². The Morgan fingerprint density at radius 2 is 1.86 bits per heavy atom. The van der Waals surface area contributed by atoms with Crippen LogP contribution in [0.2, 0.25) is 0 Å². The van der Waals surface area contributed by atoms with E-state index in [9.17, 15) is 13.2 Å². The highest BCUT2D eigenvalue weighted by Crippen LogP contribution is 2.25. The van der Waals surface area contributed by atoms with Crippen LogP contribution in [-0.2, 0) is 21.3 Å². The quantitative estimate of drug-likeness (QED) is 0.646. The molecular weight excluding hydrogens is 380 g/mol. The lowest BCUT2D eigenvalue weighted by atomic mass is 10.1. The monoisotopic (exact) mass is 406 g/mol. The van der Waals surface area contributed by atoms with Gasteiger partial charge in [-0.1, -0.05) is 24.3 Å². The molecule has 28 heavy (non-hydrogen) atoms. The summed E-state index contributed by atoms with van der Waals surface area (Å²) in [5, 5.41) is 0. The van der Waals surface area contributed by atoms with Crippen molar-refractivity contribution in [1.82, 2.24) is 9.62 Å². The minimum atomic E-state index is -3.85. The van der Waals surface area contributed by atoms with E-state index in [0.717, 1.165) is 11.1 Å². The number of aryl methyl sites for hydroxylation is 1. The Balaban J connectivity index is 2.28. The summed E-state index contributed by atoms with van der Waals surface area (Å²) in [7, 11) is 0.705. The Labute approximate surface area is 166 Å². The minimum absolute atomic E-state index is 0.0822. The van der Waals surface area contributed by atoms with Crippen molar-refractivity contribution < 1.29 is 22.7 Å². The smallest absolute Gasteiger partial charge is 0.253 e. The second-order valence-corrected chi connectivity index (χ2v) is 8.08. The zero-order valence-electron chi connectivity index (χ0n) is 16.6. The van der Waals surface area contributed by atoms with Crippen molar-refractivity contribution in [2.75, 3.05) is 34.4 Å². The van der Waals surface area contributed by atoms with Crippen LogP contribution in [0.5, 0.6) is 5.75 Å². The number of nitrogens with zero attached hydrogens (tertiary/aromatic N) is 1. The van der Waals surface area contributed by atoms with Gasteiger partial charge in [-0.3, -0.25) is 4.79 Å². The highest BCUT2D eigenvalue weighted by atomic mass is 32.2. The first-order valence-corrected chi connectivity index (χ1v) is 10.2. The van der Waals surface area contributed by atoms with Gasteiger partial charge in [0, 0.05) is 32.8 Å². The van der Waals surface area contributed by atoms with E-state index in [-0.39, 0.29) is 35.3 Å². The Hall–Kier alpha value is -2.42. The van der Waals surface area contributed by atoms with Crippen LogP contribution in [0, 0.1) is 6.92 Å². The largest absolute Gasteiger partial charge is 0.495 e. The highest BCUT2D eigenvalue weighted by molar-refractivity contribution is 7.89. The lowest BCUT2D eigenvalue weighted by molar-refractivity contribution is 0.0784. The molecule has 0 aliphatic rings. The molecule has 0 fully saturated rings. The third-order valence-corrected chi connectivity index (χ3v) is 5.80. The van der Waals surface area contributed by atoms with Crippen molar-refractivity contribution >= 4 is 15.9 Å². The van der Waals surface area contributed by atoms with Crippen molar-refractivity contribution in [1.29, 1.82) is 0 Å². The van der Waals surface area contributed by atoms with E-state index in [2.05, 4.69) is 4.72 Å². The number of carbonyl (C=O) groups is 1. The summed E-state index contributed by atoms with van der Waals surface area (Å²) in [6.45, 7) is 2.76. The van der Waals surface area contributed by atoms with Gasteiger partial charge >= 0.3 is 0 Å². The van der Waals surface area contributed by atoms with Crippen LogP contribution >= 0.6 is 0 Å². The molecule has 0 spiro atoms. The van der Waals surface area contributed by atoms with E-state index in [0.29, 0.717) is 6.54 Å². The second kappa shape index (κ2) is 9.68. The number of methoxy groups -OCH3 is 2. The number of hydrogen-bond donors (Lipinski definition) is 1. The van der Waals surface area contributed by atoms with Crippen LogP contribution < -0.4 is 9.46 Å². The van der Waals surface area contributed by atoms with Gasteiger partial charge in [0.05, 0.1) is 13.7 Å². The average molecular weight is 407 g/mol. The molecule has 0 unspecified atom stereocenters. The van der Waals surface area contributed by atoms with E-state index in [1.54, 1.807) is 18.0 Å². The number of ether oxygens (including phenoxy) is 2. The molecule has 7 nitrogen and oxygen atoms in total. The molecule has 2 aromatic carbocycles. The van der Waals surface area contributed by atoms with Crippen molar-refractivity contribution in [2.24, 2.45) is 0 Å². The zero-order chi connectivity index (χ0) is 20.7. The van der Waals surface area contributed by atoms with E-state index in [1.165, 1.54) is 26.4 Å². The SMILES string of the molecule is COCCNS(=O)(=O)c1cc(C(=O)N(C)Cc2ccccc2C)ccc1OC. The minimum Gasteiger partial charge on any atom is -0.495 e. The number of hydrogen-bond acceptors (Lipinski definition) is 5. The molecule has 2 rings (SSSR count). The Morgan fingerprint density at radius 3 is 2.50 bits per heavy atom. The van der Waals surface area contributed by atoms with Crippen LogP contribution in [0.1, 0.15) is 21.5 Å². The molecule has 0 aliphatic heterocycles. The van der Waals surface area contributed by atoms with E-state index in [1.807, 2.05) is 31.2 Å². The summed E-state index contributed by atoms with van der Waals surface area (Å²) in [6, 6.07) is 12.2. The molecule has 0 radical (unpaired) electrons. The number of carbonyl (C=O) groups excluding carboxylic acids is 1. The summed E-state index contributed by atoms with van der Waals surface area (Å²) < 4.78 is 37.7. The molecular formula is C20H26N2O5S. The first-order valence-electron chi connectivity index (χ1n) is 8.76. The molecule has 0 heterocycles. The average Bonchev–Trinajstić information content (AvgIpc) is 2.68. The molecule has 152 valence electrons. The van der Waals surface area contributed by atoms with Crippen LogP contribution in [0.15, 0.2) is 47.4 Å². The Bertz CT molecular complexity index is 928. The molecule has 0 bridgehead atoms. The first-order chi connectivity index (χ1) is 13.3. The topological polar surface area (TPSA) is 84.9 Å². The number of rotatable bonds is 9. The van der Waals surface area contributed by atoms with Gasteiger partial charge in [0.25, 0.3) is 5.91 Å². The van der Waals surface area contributed by atoms with Gasteiger partial charge in [0.15, 0.2) is 0 Å². The molecule has 1 amide bonds. The molecule has 2 aromatic rings. The molecule has 0 aliphatic carbocycles. The zero-order valence-corrected chi connectivity index (χ0v) is 17.4. The van der Waals surface area contributed by atoms with E-state index < -0.39 is 10.0 Å². The van der Waals surface area contributed by atoms with Crippen LogP contribution in [0.25, 0.3) is 0 Å². The molecule has 0 saturated carbocycles. The summed E-state index contributed by atoms with van der Waals surface area (Å²) in [5.41, 5.74) is 2.38. The van der Waals surface area contributed by atoms with Gasteiger partial charge in [-0.2, -0.15) is 0 Å². The maximum absolute atomic E-state index is 12.8. The first kappa shape index (κ1) is 21.9. The lowest BCUT2D eigenvalue weighted by Crippen LogP contribution is -2.29. The van der Waals surface area contributed by atoms with Gasteiger partial charge in [0.1, 0.15) is 10.6 Å². The summed E-state index contributed by atoms with van der Waals surface area (Å²) in [5.74, 6) is -0.109. The van der Waals surface area contributed by atoms with E-state index in [4.69, 9.17) is 9.47 Å². The third kappa shape index (κ3) is 5.31. The fourth-order valence-electron chi connectivity index (χ4n) is 2.71. The fraction of sp³-hybridized carbons (Fsp3) is 0.350. The predicted molar refractivity (Wildman–Crippen MR) is 107 cm³/mol. The van der Waals surface area contributed by atoms with Gasteiger partial charge in [-0.05, 0) is 36.2 Å². The molecule has 0 saturated heterocycles. The van der Waals surface area contributed by atoms with Crippen molar-refractivity contribution in [2.45, 2.75) is 18.4 Å². The number of benzene rings is 2. The maximum Gasteiger partial charge on any atom is 0.253 e. The number of sulfonamides is 1. The van der Waals surface area contributed by atoms with Gasteiger partial charge in [-0.25, -0.2) is 13.1 Å². The molecule has 0 atom stereocenters. The van der Waals surface area contributed by atoms with Crippen molar-refractivity contribution in [3.05, 3.63) is 59.2 Å². The lowest BCUT2D eigenvalue weighted by Gasteiger charge is -2.19. The second-order valence-electron chi connectivity index (χ2n) is 6.34. The van der Waals surface area contributed by atoms with Gasteiger partial charge in [-0.15, -0.1) is 0 Å². The maximum atomic E-state index is 12.8. The number of amides is 1. The third-order valence-electron chi connectivity index (χ3n) is 4.31. The van der Waals surface area contributed by atoms with Crippen molar-refractivity contribution in [3.63, 3.8) is 0 Å². The Kier molecular flexibility index (Phi) is 7.56. The van der Waals surface area contributed by atoms with Crippen LogP contribution in [0.4, 0.5) is 0 Å². The van der Waals surface area contributed by atoms with Crippen molar-refractivity contribution in [3.8, 4) is 5.75 Å². The summed E-state index contributed by atoms with van der Waals surface area (Å²) in [6.07, 6.45) is 0. The Morgan fingerprint density at radius 1 is 1.14 bits per heavy atom. The number of nitrogens with one attached hydrogen (secondary N) is 1. The molecule has 1 N–H and O–H groups in total. The highest BCUT2D eigenvalue weighted by Gasteiger charge is 2.22. The fourth-order valence-corrected chi connectivity index (χ4v) is 3.92.